The number of fused-ring (bicyclic) bond motifs is 1. The van der Waals surface area contributed by atoms with Gasteiger partial charge in [0.2, 0.25) is 5.91 Å². The van der Waals surface area contributed by atoms with Crippen LogP contribution in [0.5, 0.6) is 0 Å². The minimum absolute atomic E-state index is 0.0777. The Hall–Kier alpha value is -2.98. The summed E-state index contributed by atoms with van der Waals surface area (Å²) in [6.07, 6.45) is 2.23. The fraction of sp³-hybridized carbons (Fsp3) is 0.222. The third kappa shape index (κ3) is 3.44. The average Bonchev–Trinajstić information content (AvgIpc) is 3.07. The summed E-state index contributed by atoms with van der Waals surface area (Å²) in [4.78, 5) is 32.7. The van der Waals surface area contributed by atoms with Crippen molar-refractivity contribution >= 4 is 33.1 Å². The molecular weight excluding hydrogens is 336 g/mol. The summed E-state index contributed by atoms with van der Waals surface area (Å²) >= 11 is 1.49. The molecule has 0 saturated carbocycles. The van der Waals surface area contributed by atoms with Crippen LogP contribution in [-0.4, -0.2) is 22.0 Å². The molecule has 0 aliphatic heterocycles. The first-order chi connectivity index (χ1) is 12.1. The lowest BCUT2D eigenvalue weighted by Gasteiger charge is -2.20. The third-order valence-corrected chi connectivity index (χ3v) is 5.01. The smallest absolute Gasteiger partial charge is 0.262 e. The van der Waals surface area contributed by atoms with Crippen molar-refractivity contribution < 1.29 is 4.79 Å². The van der Waals surface area contributed by atoms with E-state index >= 15 is 0 Å². The third-order valence-electron chi connectivity index (χ3n) is 3.82. The standard InChI is InChI=1S/C18H16N4O2S/c1-2-14-10-15-17(25-14)20-12-21(18(15)24)11-16(23)22(9-8-19)13-6-4-3-5-7-13/h3-7,10,12H,2,9,11H2,1H3. The van der Waals surface area contributed by atoms with Gasteiger partial charge in [0.05, 0.1) is 17.8 Å². The molecule has 0 radical (unpaired) electrons. The van der Waals surface area contributed by atoms with Crippen molar-refractivity contribution in [1.29, 1.82) is 5.26 Å². The fourth-order valence-corrected chi connectivity index (χ4v) is 3.46. The van der Waals surface area contributed by atoms with E-state index in [0.29, 0.717) is 15.9 Å². The Balaban J connectivity index is 1.91. The van der Waals surface area contributed by atoms with Crippen LogP contribution in [0.25, 0.3) is 10.2 Å². The molecule has 1 amide bonds. The zero-order chi connectivity index (χ0) is 17.8. The first-order valence-corrected chi connectivity index (χ1v) is 8.66. The first kappa shape index (κ1) is 16.9. The Bertz CT molecular complexity index is 1000. The van der Waals surface area contributed by atoms with E-state index in [4.69, 9.17) is 5.26 Å². The van der Waals surface area contributed by atoms with Crippen molar-refractivity contribution in [2.75, 3.05) is 11.4 Å². The van der Waals surface area contributed by atoms with Gasteiger partial charge in [0.1, 0.15) is 17.9 Å². The Morgan fingerprint density at radius 1 is 1.36 bits per heavy atom. The highest BCUT2D eigenvalue weighted by atomic mass is 32.1. The van der Waals surface area contributed by atoms with Gasteiger partial charge in [-0.05, 0) is 24.6 Å². The normalized spacial score (nSPS) is 10.6. The molecule has 25 heavy (non-hydrogen) atoms. The van der Waals surface area contributed by atoms with E-state index in [1.54, 1.807) is 24.3 Å². The molecule has 126 valence electrons. The van der Waals surface area contributed by atoms with Gasteiger partial charge >= 0.3 is 0 Å². The van der Waals surface area contributed by atoms with Gasteiger partial charge in [-0.1, -0.05) is 25.1 Å². The molecule has 0 saturated heterocycles. The van der Waals surface area contributed by atoms with Gasteiger partial charge in [-0.2, -0.15) is 5.26 Å². The quantitative estimate of drug-likeness (QED) is 0.661. The molecule has 3 rings (SSSR count). The summed E-state index contributed by atoms with van der Waals surface area (Å²) in [6, 6.07) is 12.8. The number of nitrogens with zero attached hydrogens (tertiary/aromatic N) is 4. The van der Waals surface area contributed by atoms with Crippen molar-refractivity contribution in [3.8, 4) is 6.07 Å². The maximum Gasteiger partial charge on any atom is 0.262 e. The number of carbonyl (C=O) groups excluding carboxylic acids is 1. The second-order valence-electron chi connectivity index (χ2n) is 5.44. The summed E-state index contributed by atoms with van der Waals surface area (Å²) in [5.74, 6) is -0.332. The second kappa shape index (κ2) is 7.28. The van der Waals surface area contributed by atoms with Gasteiger partial charge in [-0.25, -0.2) is 4.98 Å². The van der Waals surface area contributed by atoms with Gasteiger partial charge in [0, 0.05) is 10.6 Å². The number of thiophene rings is 1. The maximum absolute atomic E-state index is 12.6. The predicted molar refractivity (Wildman–Crippen MR) is 97.7 cm³/mol. The highest BCUT2D eigenvalue weighted by Gasteiger charge is 2.17. The highest BCUT2D eigenvalue weighted by Crippen LogP contribution is 2.21. The van der Waals surface area contributed by atoms with E-state index in [0.717, 1.165) is 11.3 Å². The number of carbonyl (C=O) groups is 1. The van der Waals surface area contributed by atoms with Crippen molar-refractivity contribution in [1.82, 2.24) is 9.55 Å². The molecule has 2 aromatic heterocycles. The Morgan fingerprint density at radius 2 is 2.12 bits per heavy atom. The molecule has 6 nitrogen and oxygen atoms in total. The molecule has 0 aliphatic rings. The highest BCUT2D eigenvalue weighted by molar-refractivity contribution is 7.18. The minimum atomic E-state index is -0.332. The van der Waals surface area contributed by atoms with Crippen LogP contribution in [0.1, 0.15) is 11.8 Å². The largest absolute Gasteiger partial charge is 0.297 e. The van der Waals surface area contributed by atoms with Crippen LogP contribution in [0.4, 0.5) is 5.69 Å². The predicted octanol–water partition coefficient (Wildman–Crippen LogP) is 2.58. The molecular formula is C18H16N4O2S. The molecule has 0 spiro atoms. The second-order valence-corrected chi connectivity index (χ2v) is 6.55. The van der Waals surface area contributed by atoms with Gasteiger partial charge in [0.15, 0.2) is 0 Å². The van der Waals surface area contributed by atoms with Gasteiger partial charge < -0.3 is 0 Å². The topological polar surface area (TPSA) is 79.0 Å². The van der Waals surface area contributed by atoms with Crippen LogP contribution in [-0.2, 0) is 17.8 Å². The average molecular weight is 352 g/mol. The number of amides is 1. The Labute approximate surface area is 148 Å². The Morgan fingerprint density at radius 3 is 2.80 bits per heavy atom. The molecule has 2 heterocycles. The van der Waals surface area contributed by atoms with Crippen LogP contribution >= 0.6 is 11.3 Å². The van der Waals surface area contributed by atoms with Crippen LogP contribution in [0, 0.1) is 11.3 Å². The van der Waals surface area contributed by atoms with E-state index in [1.165, 1.54) is 27.1 Å². The van der Waals surface area contributed by atoms with Crippen molar-refractivity contribution in [2.45, 2.75) is 19.9 Å². The monoisotopic (exact) mass is 352 g/mol. The Kier molecular flexibility index (Phi) is 4.91. The number of hydrogen-bond acceptors (Lipinski definition) is 5. The zero-order valence-corrected chi connectivity index (χ0v) is 14.5. The lowest BCUT2D eigenvalue weighted by Crippen LogP contribution is -2.36. The first-order valence-electron chi connectivity index (χ1n) is 7.84. The molecule has 1 aromatic carbocycles. The number of para-hydroxylation sites is 1. The fourth-order valence-electron chi connectivity index (χ4n) is 2.53. The molecule has 7 heteroatoms. The van der Waals surface area contributed by atoms with Crippen LogP contribution in [0.2, 0.25) is 0 Å². The number of rotatable bonds is 5. The number of aryl methyl sites for hydroxylation is 1. The molecule has 0 bridgehead atoms. The van der Waals surface area contributed by atoms with E-state index in [-0.39, 0.29) is 24.6 Å². The van der Waals surface area contributed by atoms with Crippen molar-refractivity contribution in [2.24, 2.45) is 0 Å². The summed E-state index contributed by atoms with van der Waals surface area (Å²) in [6.45, 7) is 1.79. The summed E-state index contributed by atoms with van der Waals surface area (Å²) in [7, 11) is 0. The maximum atomic E-state index is 12.6. The lowest BCUT2D eigenvalue weighted by molar-refractivity contribution is -0.119. The van der Waals surface area contributed by atoms with Crippen molar-refractivity contribution in [3.63, 3.8) is 0 Å². The van der Waals surface area contributed by atoms with Crippen LogP contribution in [0.3, 0.4) is 0 Å². The van der Waals surface area contributed by atoms with E-state index in [2.05, 4.69) is 4.98 Å². The van der Waals surface area contributed by atoms with Gasteiger partial charge in [-0.3, -0.25) is 19.1 Å². The summed E-state index contributed by atoms with van der Waals surface area (Å²) in [5, 5.41) is 9.55. The molecule has 0 unspecified atom stereocenters. The molecule has 0 N–H and O–H groups in total. The summed E-state index contributed by atoms with van der Waals surface area (Å²) in [5.41, 5.74) is 0.388. The van der Waals surface area contributed by atoms with Crippen molar-refractivity contribution in [3.05, 3.63) is 58.0 Å². The number of hydrogen-bond donors (Lipinski definition) is 0. The van der Waals surface area contributed by atoms with E-state index in [9.17, 15) is 9.59 Å². The number of anilines is 1. The number of nitriles is 1. The minimum Gasteiger partial charge on any atom is -0.297 e. The number of aromatic nitrogens is 2. The molecule has 0 fully saturated rings. The molecule has 0 aliphatic carbocycles. The summed E-state index contributed by atoms with van der Waals surface area (Å²) < 4.78 is 1.30. The molecule has 0 atom stereocenters. The number of benzene rings is 1. The van der Waals surface area contributed by atoms with E-state index in [1.807, 2.05) is 25.1 Å². The zero-order valence-electron chi connectivity index (χ0n) is 13.7. The SMILES string of the molecule is CCc1cc2c(=O)n(CC(=O)N(CC#N)c3ccccc3)cnc2s1. The van der Waals surface area contributed by atoms with Gasteiger partial charge in [0.25, 0.3) is 5.56 Å². The lowest BCUT2D eigenvalue weighted by atomic mass is 10.2. The van der Waals surface area contributed by atoms with E-state index < -0.39 is 0 Å². The molecule has 3 aromatic rings. The van der Waals surface area contributed by atoms with Gasteiger partial charge in [-0.15, -0.1) is 11.3 Å². The van der Waals surface area contributed by atoms with Crippen LogP contribution in [0.15, 0.2) is 47.5 Å². The van der Waals surface area contributed by atoms with Crippen LogP contribution < -0.4 is 10.5 Å².